The van der Waals surface area contributed by atoms with Crippen LogP contribution in [0.25, 0.3) is 5.57 Å². The summed E-state index contributed by atoms with van der Waals surface area (Å²) in [5, 5.41) is 0. The van der Waals surface area contributed by atoms with Gasteiger partial charge in [0.1, 0.15) is 0 Å². The fourth-order valence-corrected chi connectivity index (χ4v) is 5.49. The van der Waals surface area contributed by atoms with Crippen LogP contribution < -0.4 is 0 Å². The van der Waals surface area contributed by atoms with Gasteiger partial charge >= 0.3 is 0 Å². The average Bonchev–Trinajstić information content (AvgIpc) is 3.11. The molecule has 2 aliphatic rings. The lowest BCUT2D eigenvalue weighted by molar-refractivity contribution is 1.18. The maximum absolute atomic E-state index is 2.46. The lowest BCUT2D eigenvalue weighted by Gasteiger charge is -2.32. The molecular weight excluding hydrogens is 268 g/mol. The highest BCUT2D eigenvalue weighted by molar-refractivity contribution is 6.83. The third-order valence-electron chi connectivity index (χ3n) is 4.16. The summed E-state index contributed by atoms with van der Waals surface area (Å²) in [6.07, 6.45) is 15.6. The minimum absolute atomic E-state index is 1.06. The Morgan fingerprint density at radius 3 is 2.24 bits per heavy atom. The summed E-state index contributed by atoms with van der Waals surface area (Å²) in [5.41, 5.74) is 7.48. The fourth-order valence-electron chi connectivity index (χ4n) is 3.32. The minimum Gasteiger partial charge on any atom is -0.0804 e. The fraction of sp³-hybridized carbons (Fsp3) is 0.250. The Bertz CT molecular complexity index is 651. The van der Waals surface area contributed by atoms with Gasteiger partial charge in [0.15, 0.2) is 0 Å². The third kappa shape index (κ3) is 2.89. The van der Waals surface area contributed by atoms with E-state index in [1.165, 1.54) is 22.3 Å². The Morgan fingerprint density at radius 2 is 1.62 bits per heavy atom. The van der Waals surface area contributed by atoms with E-state index in [4.69, 9.17) is 0 Å². The molecule has 21 heavy (non-hydrogen) atoms. The summed E-state index contributed by atoms with van der Waals surface area (Å²) in [5.74, 6) is 0. The van der Waals surface area contributed by atoms with Crippen LogP contribution in [-0.4, -0.2) is 8.07 Å². The van der Waals surface area contributed by atoms with Gasteiger partial charge in [-0.25, -0.2) is 0 Å². The monoisotopic (exact) mass is 291 g/mol. The van der Waals surface area contributed by atoms with Crippen LogP contribution in [0.5, 0.6) is 0 Å². The van der Waals surface area contributed by atoms with E-state index < -0.39 is 8.07 Å². The molecule has 0 nitrogen and oxygen atoms in total. The van der Waals surface area contributed by atoms with E-state index in [2.05, 4.69) is 80.4 Å². The number of allylic oxidation sites excluding steroid dienone is 8. The van der Waals surface area contributed by atoms with Crippen molar-refractivity contribution in [3.05, 3.63) is 83.0 Å². The third-order valence-corrected chi connectivity index (χ3v) is 6.25. The van der Waals surface area contributed by atoms with Gasteiger partial charge in [-0.2, -0.15) is 0 Å². The van der Waals surface area contributed by atoms with Gasteiger partial charge in [-0.3, -0.25) is 0 Å². The Balaban J connectivity index is 2.08. The first-order chi connectivity index (χ1) is 10.1. The molecule has 3 rings (SSSR count). The molecule has 1 aromatic rings. The van der Waals surface area contributed by atoms with Crippen molar-refractivity contribution >= 4 is 13.6 Å². The van der Waals surface area contributed by atoms with Gasteiger partial charge in [-0.1, -0.05) is 85.9 Å². The summed E-state index contributed by atoms with van der Waals surface area (Å²) in [4.78, 5) is 0. The van der Waals surface area contributed by atoms with Gasteiger partial charge in [0.05, 0.1) is 8.07 Å². The Kier molecular flexibility index (Phi) is 3.86. The summed E-state index contributed by atoms with van der Waals surface area (Å²) in [7, 11) is -1.41. The number of benzene rings is 1. The highest BCUT2D eigenvalue weighted by Gasteiger charge is 2.33. The van der Waals surface area contributed by atoms with Crippen LogP contribution >= 0.6 is 0 Å². The highest BCUT2D eigenvalue weighted by atomic mass is 28.3. The molecule has 0 aliphatic heterocycles. The van der Waals surface area contributed by atoms with Crippen molar-refractivity contribution < 1.29 is 0 Å². The largest absolute Gasteiger partial charge is 0.0804 e. The number of rotatable bonds is 4. The van der Waals surface area contributed by atoms with E-state index in [1.54, 1.807) is 5.54 Å². The molecule has 0 saturated heterocycles. The summed E-state index contributed by atoms with van der Waals surface area (Å²) in [6.45, 7) is 7.37. The van der Waals surface area contributed by atoms with Crippen molar-refractivity contribution in [3.63, 3.8) is 0 Å². The van der Waals surface area contributed by atoms with Gasteiger partial charge in [-0.05, 0) is 29.5 Å². The quantitative estimate of drug-likeness (QED) is 0.623. The zero-order valence-electron chi connectivity index (χ0n) is 13.2. The molecule has 1 heteroatoms. The first-order valence-corrected chi connectivity index (χ1v) is 11.3. The summed E-state index contributed by atoms with van der Waals surface area (Å²) >= 11 is 0. The van der Waals surface area contributed by atoms with Crippen LogP contribution in [0, 0.1) is 5.54 Å². The molecule has 1 aromatic carbocycles. The van der Waals surface area contributed by atoms with E-state index in [9.17, 15) is 0 Å². The molecule has 0 heterocycles. The molecule has 107 valence electrons. The normalized spacial score (nSPS) is 17.5. The molecule has 0 unspecified atom stereocenters. The molecule has 0 aromatic heterocycles. The lowest BCUT2D eigenvalue weighted by atomic mass is 9.93. The van der Waals surface area contributed by atoms with Gasteiger partial charge in [-0.15, -0.1) is 0 Å². The molecule has 2 aliphatic carbocycles. The van der Waals surface area contributed by atoms with Gasteiger partial charge in [0.2, 0.25) is 0 Å². The molecule has 0 N–H and O–H groups in total. The topological polar surface area (TPSA) is 0 Å². The molecule has 0 atom stereocenters. The Hall–Kier alpha value is -1.60. The zero-order chi connectivity index (χ0) is 14.9. The molecule has 1 radical (unpaired) electrons. The summed E-state index contributed by atoms with van der Waals surface area (Å²) in [6, 6.07) is 8.96. The number of hydrogen-bond donors (Lipinski definition) is 0. The van der Waals surface area contributed by atoms with E-state index in [1.807, 2.05) is 0 Å². The molecular formula is C20H23Si. The zero-order valence-corrected chi connectivity index (χ0v) is 14.2. The second-order valence-electron chi connectivity index (χ2n) is 6.82. The predicted molar refractivity (Wildman–Crippen MR) is 95.7 cm³/mol. The smallest absolute Gasteiger partial charge is 0.0620 e. The summed E-state index contributed by atoms with van der Waals surface area (Å²) < 4.78 is 0. The molecule has 0 amide bonds. The molecule has 0 spiro atoms. The van der Waals surface area contributed by atoms with Crippen molar-refractivity contribution in [3.8, 4) is 0 Å². The van der Waals surface area contributed by atoms with Gasteiger partial charge < -0.3 is 0 Å². The van der Waals surface area contributed by atoms with Crippen LogP contribution in [0.4, 0.5) is 0 Å². The number of hydrogen-bond acceptors (Lipinski definition) is 0. The van der Waals surface area contributed by atoms with Crippen molar-refractivity contribution in [1.29, 1.82) is 0 Å². The maximum atomic E-state index is 2.46. The van der Waals surface area contributed by atoms with Crippen molar-refractivity contribution in [2.24, 2.45) is 0 Å². The SMILES string of the molecule is C[Si](C)(C)[C](C1=CC=CC1)c1ccccc1C1=CC=CC1. The van der Waals surface area contributed by atoms with Crippen molar-refractivity contribution in [2.45, 2.75) is 32.5 Å². The van der Waals surface area contributed by atoms with E-state index in [-0.39, 0.29) is 0 Å². The van der Waals surface area contributed by atoms with Gasteiger partial charge in [0, 0.05) is 5.54 Å². The van der Waals surface area contributed by atoms with Crippen LogP contribution in [0.1, 0.15) is 24.0 Å². The first-order valence-electron chi connectivity index (χ1n) is 7.76. The van der Waals surface area contributed by atoms with E-state index in [0.717, 1.165) is 12.8 Å². The predicted octanol–water partition coefficient (Wildman–Crippen LogP) is 5.72. The van der Waals surface area contributed by atoms with Crippen LogP contribution in [0.2, 0.25) is 19.6 Å². The highest BCUT2D eigenvalue weighted by Crippen LogP contribution is 2.40. The lowest BCUT2D eigenvalue weighted by Crippen LogP contribution is -2.33. The standard InChI is InChI=1S/C20H23Si/c1-21(2,3)20(17-12-6-7-13-17)19-15-9-8-14-18(19)16-10-4-5-11-16/h4-10,12,14-15H,11,13H2,1-3H3. The van der Waals surface area contributed by atoms with E-state index in [0.29, 0.717) is 0 Å². The van der Waals surface area contributed by atoms with E-state index >= 15 is 0 Å². The average molecular weight is 291 g/mol. The first kappa shape index (κ1) is 14.3. The van der Waals surface area contributed by atoms with Crippen LogP contribution in [0.3, 0.4) is 0 Å². The van der Waals surface area contributed by atoms with Crippen molar-refractivity contribution in [1.82, 2.24) is 0 Å². The van der Waals surface area contributed by atoms with Gasteiger partial charge in [0.25, 0.3) is 0 Å². The second-order valence-corrected chi connectivity index (χ2v) is 11.8. The van der Waals surface area contributed by atoms with Crippen molar-refractivity contribution in [2.75, 3.05) is 0 Å². The maximum Gasteiger partial charge on any atom is 0.0620 e. The Morgan fingerprint density at radius 1 is 0.905 bits per heavy atom. The second kappa shape index (κ2) is 5.65. The molecule has 0 bridgehead atoms. The van der Waals surface area contributed by atoms with Crippen LogP contribution in [0.15, 0.2) is 66.3 Å². The molecule has 0 saturated carbocycles. The van der Waals surface area contributed by atoms with Crippen LogP contribution in [-0.2, 0) is 0 Å². The Labute approximate surface area is 129 Å². The minimum atomic E-state index is -1.41. The molecule has 0 fully saturated rings.